The Bertz CT molecular complexity index is 542. The zero-order valence-electron chi connectivity index (χ0n) is 13.2. The van der Waals surface area contributed by atoms with Gasteiger partial charge in [-0.15, -0.1) is 5.10 Å². The highest BCUT2D eigenvalue weighted by atomic mass is 16.2. The molecular weight excluding hydrogens is 278 g/mol. The van der Waals surface area contributed by atoms with Gasteiger partial charge >= 0.3 is 0 Å². The third-order valence-corrected chi connectivity index (χ3v) is 5.26. The number of piperidine rings is 1. The van der Waals surface area contributed by atoms with Crippen molar-refractivity contribution in [3.05, 3.63) is 12.2 Å². The number of hydrogen-bond donors (Lipinski definition) is 1. The van der Waals surface area contributed by atoms with E-state index in [1.807, 2.05) is 4.68 Å². The molecule has 0 spiro atoms. The number of nitrogens with one attached hydrogen (secondary N) is 1. The maximum atomic E-state index is 12.9. The van der Waals surface area contributed by atoms with Crippen molar-refractivity contribution in [3.8, 4) is 0 Å². The molecule has 1 amide bonds. The molecule has 3 fully saturated rings. The molecule has 2 heterocycles. The summed E-state index contributed by atoms with van der Waals surface area (Å²) in [6.45, 7) is 4.18. The lowest BCUT2D eigenvalue weighted by Crippen LogP contribution is -2.42. The van der Waals surface area contributed by atoms with Gasteiger partial charge < -0.3 is 10.2 Å². The van der Waals surface area contributed by atoms with Gasteiger partial charge in [0.1, 0.15) is 6.33 Å². The molecule has 22 heavy (non-hydrogen) atoms. The van der Waals surface area contributed by atoms with E-state index >= 15 is 0 Å². The van der Waals surface area contributed by atoms with Crippen LogP contribution in [-0.2, 0) is 0 Å². The van der Waals surface area contributed by atoms with E-state index in [0.717, 1.165) is 38.8 Å². The van der Waals surface area contributed by atoms with Gasteiger partial charge in [-0.25, -0.2) is 9.67 Å². The molecule has 1 saturated heterocycles. The highest BCUT2D eigenvalue weighted by Crippen LogP contribution is 2.40. The predicted molar refractivity (Wildman–Crippen MR) is 82.5 cm³/mol. The maximum Gasteiger partial charge on any atom is 0.294 e. The van der Waals surface area contributed by atoms with Gasteiger partial charge in [0.15, 0.2) is 0 Å². The van der Waals surface area contributed by atoms with Crippen LogP contribution in [0.1, 0.15) is 62.1 Å². The second kappa shape index (κ2) is 5.65. The van der Waals surface area contributed by atoms with Crippen molar-refractivity contribution in [1.29, 1.82) is 0 Å². The summed E-state index contributed by atoms with van der Waals surface area (Å²) < 4.78 is 1.88. The Hall–Kier alpha value is -1.43. The fraction of sp³-hybridized carbons (Fsp3) is 0.812. The molecule has 2 atom stereocenters. The van der Waals surface area contributed by atoms with Crippen molar-refractivity contribution in [2.24, 2.45) is 5.92 Å². The van der Waals surface area contributed by atoms with Crippen molar-refractivity contribution >= 4 is 5.91 Å². The Morgan fingerprint density at radius 2 is 2.18 bits per heavy atom. The fourth-order valence-corrected chi connectivity index (χ4v) is 3.57. The van der Waals surface area contributed by atoms with Crippen molar-refractivity contribution in [3.63, 3.8) is 0 Å². The maximum absolute atomic E-state index is 12.9. The monoisotopic (exact) mass is 303 g/mol. The topological polar surface area (TPSA) is 63.1 Å². The van der Waals surface area contributed by atoms with Gasteiger partial charge in [-0.2, -0.15) is 0 Å². The molecule has 3 aliphatic rings. The number of rotatable bonds is 5. The lowest BCUT2D eigenvalue weighted by Gasteiger charge is -2.28. The summed E-state index contributed by atoms with van der Waals surface area (Å²) in [6, 6.07) is 1.09. The van der Waals surface area contributed by atoms with Crippen LogP contribution >= 0.6 is 0 Å². The van der Waals surface area contributed by atoms with E-state index in [-0.39, 0.29) is 5.91 Å². The molecule has 6 nitrogen and oxygen atoms in total. The molecule has 1 aromatic heterocycles. The summed E-state index contributed by atoms with van der Waals surface area (Å²) in [5.41, 5.74) is 0. The van der Waals surface area contributed by atoms with Crippen LogP contribution in [0.2, 0.25) is 0 Å². The minimum atomic E-state index is 0.0319. The molecule has 0 bridgehead atoms. The van der Waals surface area contributed by atoms with Gasteiger partial charge in [0.05, 0.1) is 6.04 Å². The lowest BCUT2D eigenvalue weighted by molar-refractivity contribution is 0.0640. The molecule has 1 aliphatic heterocycles. The number of carbonyl (C=O) groups excluding carboxylic acids is 1. The molecule has 0 unspecified atom stereocenters. The summed E-state index contributed by atoms with van der Waals surface area (Å²) >= 11 is 0. The van der Waals surface area contributed by atoms with E-state index < -0.39 is 0 Å². The van der Waals surface area contributed by atoms with E-state index in [1.54, 1.807) is 6.33 Å². The third-order valence-electron chi connectivity index (χ3n) is 5.26. The normalized spacial score (nSPS) is 26.7. The Labute approximate surface area is 131 Å². The number of hydrogen-bond acceptors (Lipinski definition) is 4. The van der Waals surface area contributed by atoms with Crippen LogP contribution in [0, 0.1) is 5.92 Å². The van der Waals surface area contributed by atoms with Crippen molar-refractivity contribution < 1.29 is 4.79 Å². The molecule has 6 heteroatoms. The van der Waals surface area contributed by atoms with Crippen molar-refractivity contribution in [2.75, 3.05) is 13.1 Å². The standard InChI is InChI=1S/C16H25N5O/c1-11(12-4-5-12)21(13-6-7-13)16(22)15-18-10-20(19-15)14-3-2-8-17-9-14/h10-14,17H,2-9H2,1H3/t11-,14-/m1/s1. The first kappa shape index (κ1) is 14.2. The van der Waals surface area contributed by atoms with Gasteiger partial charge in [0, 0.05) is 18.6 Å². The van der Waals surface area contributed by atoms with E-state index in [2.05, 4.69) is 27.2 Å². The highest BCUT2D eigenvalue weighted by Gasteiger charge is 2.42. The van der Waals surface area contributed by atoms with Crippen LogP contribution in [-0.4, -0.2) is 50.7 Å². The Morgan fingerprint density at radius 3 is 2.82 bits per heavy atom. The quantitative estimate of drug-likeness (QED) is 0.897. The van der Waals surface area contributed by atoms with E-state index in [4.69, 9.17) is 0 Å². The Morgan fingerprint density at radius 1 is 1.36 bits per heavy atom. The summed E-state index contributed by atoms with van der Waals surface area (Å²) in [4.78, 5) is 19.3. The zero-order chi connectivity index (χ0) is 15.1. The van der Waals surface area contributed by atoms with Crippen LogP contribution in [0.3, 0.4) is 0 Å². The lowest BCUT2D eigenvalue weighted by atomic mass is 10.1. The van der Waals surface area contributed by atoms with Crippen LogP contribution in [0.15, 0.2) is 6.33 Å². The van der Waals surface area contributed by atoms with Crippen molar-refractivity contribution in [1.82, 2.24) is 25.0 Å². The van der Waals surface area contributed by atoms with Gasteiger partial charge in [-0.3, -0.25) is 4.79 Å². The molecule has 1 N–H and O–H groups in total. The first-order valence-electron chi connectivity index (χ1n) is 8.68. The van der Waals surface area contributed by atoms with Gasteiger partial charge in [0.25, 0.3) is 5.91 Å². The first-order valence-corrected chi connectivity index (χ1v) is 8.68. The largest absolute Gasteiger partial charge is 0.330 e. The average molecular weight is 303 g/mol. The van der Waals surface area contributed by atoms with Crippen molar-refractivity contribution in [2.45, 2.75) is 63.6 Å². The van der Waals surface area contributed by atoms with Gasteiger partial charge in [-0.1, -0.05) is 0 Å². The van der Waals surface area contributed by atoms with Crippen LogP contribution in [0.25, 0.3) is 0 Å². The molecule has 2 saturated carbocycles. The summed E-state index contributed by atoms with van der Waals surface area (Å²) in [5.74, 6) is 1.10. The van der Waals surface area contributed by atoms with Crippen LogP contribution in [0.4, 0.5) is 0 Å². The minimum Gasteiger partial charge on any atom is -0.330 e. The van der Waals surface area contributed by atoms with Gasteiger partial charge in [0.2, 0.25) is 5.82 Å². The molecule has 4 rings (SSSR count). The highest BCUT2D eigenvalue weighted by molar-refractivity contribution is 5.91. The number of nitrogens with zero attached hydrogens (tertiary/aromatic N) is 4. The molecule has 1 aromatic rings. The second-order valence-corrected chi connectivity index (χ2v) is 7.07. The summed E-state index contributed by atoms with van der Waals surface area (Å²) in [6.07, 6.45) is 8.78. The molecule has 2 aliphatic carbocycles. The fourth-order valence-electron chi connectivity index (χ4n) is 3.57. The first-order chi connectivity index (χ1) is 10.7. The predicted octanol–water partition coefficient (Wildman–Crippen LogP) is 1.61. The second-order valence-electron chi connectivity index (χ2n) is 7.07. The molecule has 0 radical (unpaired) electrons. The smallest absolute Gasteiger partial charge is 0.294 e. The van der Waals surface area contributed by atoms with E-state index in [9.17, 15) is 4.79 Å². The molecular formula is C16H25N5O. The average Bonchev–Trinajstić information content (AvgIpc) is 3.47. The number of aromatic nitrogens is 3. The SMILES string of the molecule is C[C@H](C1CC1)N(C(=O)c1ncn([C@@H]2CCCNC2)n1)C1CC1. The zero-order valence-corrected chi connectivity index (χ0v) is 13.2. The number of amides is 1. The third kappa shape index (κ3) is 2.76. The van der Waals surface area contributed by atoms with Gasteiger partial charge in [-0.05, 0) is 57.9 Å². The minimum absolute atomic E-state index is 0.0319. The summed E-state index contributed by atoms with van der Waals surface area (Å²) in [7, 11) is 0. The summed E-state index contributed by atoms with van der Waals surface area (Å²) in [5, 5.41) is 7.88. The Balaban J connectivity index is 1.50. The van der Waals surface area contributed by atoms with Crippen LogP contribution in [0.5, 0.6) is 0 Å². The van der Waals surface area contributed by atoms with E-state index in [1.165, 1.54) is 12.8 Å². The molecule has 0 aromatic carbocycles. The number of carbonyl (C=O) groups is 1. The van der Waals surface area contributed by atoms with Crippen LogP contribution < -0.4 is 5.32 Å². The van der Waals surface area contributed by atoms with E-state index in [0.29, 0.717) is 29.9 Å². The molecule has 120 valence electrons. The Kier molecular flexibility index (Phi) is 3.64.